The van der Waals surface area contributed by atoms with Crippen molar-refractivity contribution in [3.63, 3.8) is 0 Å². The summed E-state index contributed by atoms with van der Waals surface area (Å²) < 4.78 is 10.7. The SMILES string of the molecule is CC1(c2cccc(NC(=O)c3cc4c(cc3[N+](=O)[O-])OCCO4)c2)NC(=O)NC1=O. The lowest BCUT2D eigenvalue weighted by Gasteiger charge is -2.22. The third-order valence-corrected chi connectivity index (χ3v) is 4.84. The molecule has 4 amide bonds. The predicted molar refractivity (Wildman–Crippen MR) is 103 cm³/mol. The molecule has 2 aromatic rings. The Bertz CT molecular complexity index is 1100. The molecule has 2 aliphatic rings. The number of amides is 4. The number of fused-ring (bicyclic) bond motifs is 1. The Morgan fingerprint density at radius 1 is 1.17 bits per heavy atom. The Kier molecular flexibility index (Phi) is 4.49. The Morgan fingerprint density at radius 3 is 2.50 bits per heavy atom. The van der Waals surface area contributed by atoms with Crippen LogP contribution in [0.25, 0.3) is 0 Å². The minimum absolute atomic E-state index is 0.197. The number of carbonyl (C=O) groups is 3. The maximum atomic E-state index is 12.8. The molecular weight excluding hydrogens is 396 g/mol. The van der Waals surface area contributed by atoms with Crippen molar-refractivity contribution in [2.75, 3.05) is 18.5 Å². The molecule has 0 aliphatic carbocycles. The van der Waals surface area contributed by atoms with E-state index >= 15 is 0 Å². The van der Waals surface area contributed by atoms with Crippen molar-refractivity contribution in [3.05, 3.63) is 57.6 Å². The number of rotatable bonds is 4. The first kappa shape index (κ1) is 19.2. The van der Waals surface area contributed by atoms with Gasteiger partial charge in [0.1, 0.15) is 24.3 Å². The fourth-order valence-electron chi connectivity index (χ4n) is 3.26. The Morgan fingerprint density at radius 2 is 1.87 bits per heavy atom. The minimum Gasteiger partial charge on any atom is -0.486 e. The second-order valence-electron chi connectivity index (χ2n) is 6.84. The van der Waals surface area contributed by atoms with Crippen molar-refractivity contribution in [2.24, 2.45) is 0 Å². The molecule has 0 aromatic heterocycles. The summed E-state index contributed by atoms with van der Waals surface area (Å²) in [4.78, 5) is 47.2. The summed E-state index contributed by atoms with van der Waals surface area (Å²) in [6.07, 6.45) is 0. The molecule has 2 heterocycles. The molecule has 0 spiro atoms. The number of nitro groups is 1. The number of nitrogens with zero attached hydrogens (tertiary/aromatic N) is 1. The van der Waals surface area contributed by atoms with E-state index in [9.17, 15) is 24.5 Å². The summed E-state index contributed by atoms with van der Waals surface area (Å²) in [6, 6.07) is 8.07. The number of nitrogens with one attached hydrogen (secondary N) is 3. The normalized spacial score (nSPS) is 19.6. The summed E-state index contributed by atoms with van der Waals surface area (Å²) in [5.74, 6) is -0.828. The van der Waals surface area contributed by atoms with Crippen LogP contribution >= 0.6 is 0 Å². The average molecular weight is 412 g/mol. The third kappa shape index (κ3) is 3.26. The summed E-state index contributed by atoms with van der Waals surface area (Å²) >= 11 is 0. The van der Waals surface area contributed by atoms with Crippen LogP contribution in [0, 0.1) is 10.1 Å². The van der Waals surface area contributed by atoms with Gasteiger partial charge < -0.3 is 20.1 Å². The summed E-state index contributed by atoms with van der Waals surface area (Å²) in [5, 5.41) is 18.7. The van der Waals surface area contributed by atoms with Crippen LogP contribution in [0.4, 0.5) is 16.2 Å². The molecule has 1 saturated heterocycles. The van der Waals surface area contributed by atoms with E-state index in [1.54, 1.807) is 18.2 Å². The van der Waals surface area contributed by atoms with Crippen molar-refractivity contribution >= 4 is 29.2 Å². The van der Waals surface area contributed by atoms with Crippen molar-refractivity contribution in [2.45, 2.75) is 12.5 Å². The quantitative estimate of drug-likeness (QED) is 0.393. The Labute approximate surface area is 169 Å². The number of benzene rings is 2. The highest BCUT2D eigenvalue weighted by Crippen LogP contribution is 2.37. The summed E-state index contributed by atoms with van der Waals surface area (Å²) in [5.41, 5.74) is -1.21. The molecular formula is C19H16N4O7. The lowest BCUT2D eigenvalue weighted by atomic mass is 9.92. The third-order valence-electron chi connectivity index (χ3n) is 4.84. The van der Waals surface area contributed by atoms with Gasteiger partial charge in [-0.2, -0.15) is 0 Å². The van der Waals surface area contributed by atoms with Crippen molar-refractivity contribution < 1.29 is 28.8 Å². The molecule has 2 aromatic carbocycles. The number of urea groups is 1. The lowest BCUT2D eigenvalue weighted by molar-refractivity contribution is -0.385. The first-order valence-corrected chi connectivity index (χ1v) is 8.91. The lowest BCUT2D eigenvalue weighted by Crippen LogP contribution is -2.40. The van der Waals surface area contributed by atoms with Crippen LogP contribution in [0.2, 0.25) is 0 Å². The molecule has 0 saturated carbocycles. The summed E-state index contributed by atoms with van der Waals surface area (Å²) in [6.45, 7) is 2.05. The second kappa shape index (κ2) is 7.03. The Hall–Kier alpha value is -4.15. The fraction of sp³-hybridized carbons (Fsp3) is 0.211. The highest BCUT2D eigenvalue weighted by atomic mass is 16.6. The van der Waals surface area contributed by atoms with Crippen molar-refractivity contribution in [1.82, 2.24) is 10.6 Å². The molecule has 2 aliphatic heterocycles. The van der Waals surface area contributed by atoms with Gasteiger partial charge in [0.15, 0.2) is 11.5 Å². The van der Waals surface area contributed by atoms with Gasteiger partial charge in [-0.3, -0.25) is 25.0 Å². The van der Waals surface area contributed by atoms with Crippen LogP contribution in [0.1, 0.15) is 22.8 Å². The number of imide groups is 1. The van der Waals surface area contributed by atoms with Gasteiger partial charge in [-0.25, -0.2) is 4.79 Å². The van der Waals surface area contributed by atoms with Crippen LogP contribution < -0.4 is 25.4 Å². The smallest absolute Gasteiger partial charge is 0.322 e. The predicted octanol–water partition coefficient (Wildman–Crippen LogP) is 1.67. The zero-order valence-corrected chi connectivity index (χ0v) is 15.7. The number of nitro benzene ring substituents is 1. The van der Waals surface area contributed by atoms with Crippen LogP contribution in [0.3, 0.4) is 0 Å². The van der Waals surface area contributed by atoms with Crippen molar-refractivity contribution in [3.8, 4) is 11.5 Å². The largest absolute Gasteiger partial charge is 0.486 e. The van der Waals surface area contributed by atoms with Gasteiger partial charge in [0, 0.05) is 11.8 Å². The molecule has 0 radical (unpaired) electrons. The molecule has 1 unspecified atom stereocenters. The molecule has 1 fully saturated rings. The zero-order chi connectivity index (χ0) is 21.5. The van der Waals surface area contributed by atoms with Gasteiger partial charge in [-0.05, 0) is 24.6 Å². The van der Waals surface area contributed by atoms with Crippen molar-refractivity contribution in [1.29, 1.82) is 0 Å². The Balaban J connectivity index is 1.64. The molecule has 30 heavy (non-hydrogen) atoms. The van der Waals surface area contributed by atoms with E-state index in [-0.39, 0.29) is 36.0 Å². The maximum absolute atomic E-state index is 12.8. The van der Waals surface area contributed by atoms with Crippen LogP contribution in [-0.2, 0) is 10.3 Å². The number of hydrogen-bond acceptors (Lipinski definition) is 7. The van der Waals surface area contributed by atoms with Gasteiger partial charge in [0.25, 0.3) is 17.5 Å². The first-order valence-electron chi connectivity index (χ1n) is 8.91. The van der Waals surface area contributed by atoms with E-state index in [0.717, 1.165) is 6.07 Å². The van der Waals surface area contributed by atoms with E-state index in [1.807, 2.05) is 0 Å². The molecule has 1 atom stereocenters. The molecule has 11 nitrogen and oxygen atoms in total. The number of carbonyl (C=O) groups excluding carboxylic acids is 3. The maximum Gasteiger partial charge on any atom is 0.322 e. The topological polar surface area (TPSA) is 149 Å². The zero-order valence-electron chi connectivity index (χ0n) is 15.7. The van der Waals surface area contributed by atoms with Crippen LogP contribution in [-0.4, -0.2) is 36.0 Å². The first-order chi connectivity index (χ1) is 14.3. The average Bonchev–Trinajstić information content (AvgIpc) is 2.99. The van der Waals surface area contributed by atoms with E-state index in [0.29, 0.717) is 5.56 Å². The van der Waals surface area contributed by atoms with E-state index in [4.69, 9.17) is 9.47 Å². The number of anilines is 1. The van der Waals surface area contributed by atoms with Crippen LogP contribution in [0.5, 0.6) is 11.5 Å². The van der Waals surface area contributed by atoms with Gasteiger partial charge in [0.05, 0.1) is 11.0 Å². The fourth-order valence-corrected chi connectivity index (χ4v) is 3.26. The summed E-state index contributed by atoms with van der Waals surface area (Å²) in [7, 11) is 0. The minimum atomic E-state index is -1.30. The standard InChI is InChI=1S/C19H16N4O7/c1-19(17(25)21-18(26)22-19)10-3-2-4-11(7-10)20-16(24)12-8-14-15(30-6-5-29-14)9-13(12)23(27)28/h2-4,7-9H,5-6H2,1H3,(H,20,24)(H2,21,22,25,26). The van der Waals surface area contributed by atoms with Gasteiger partial charge in [-0.1, -0.05) is 12.1 Å². The molecule has 154 valence electrons. The molecule has 3 N–H and O–H groups in total. The van der Waals surface area contributed by atoms with Gasteiger partial charge in [0.2, 0.25) is 0 Å². The molecule has 4 rings (SSSR count). The molecule has 11 heteroatoms. The number of hydrogen-bond donors (Lipinski definition) is 3. The van der Waals surface area contributed by atoms with Gasteiger partial charge in [-0.15, -0.1) is 0 Å². The number of ether oxygens (including phenoxy) is 2. The van der Waals surface area contributed by atoms with Gasteiger partial charge >= 0.3 is 6.03 Å². The second-order valence-corrected chi connectivity index (χ2v) is 6.84. The van der Waals surface area contributed by atoms with E-state index < -0.39 is 34.0 Å². The van der Waals surface area contributed by atoms with E-state index in [1.165, 1.54) is 19.1 Å². The highest BCUT2D eigenvalue weighted by Gasteiger charge is 2.43. The highest BCUT2D eigenvalue weighted by molar-refractivity contribution is 6.09. The molecule has 0 bridgehead atoms. The van der Waals surface area contributed by atoms with E-state index in [2.05, 4.69) is 16.0 Å². The van der Waals surface area contributed by atoms with Crippen LogP contribution in [0.15, 0.2) is 36.4 Å². The monoisotopic (exact) mass is 412 g/mol.